The zero-order valence-corrected chi connectivity index (χ0v) is 13.7. The number of benzene rings is 2. The van der Waals surface area contributed by atoms with Crippen molar-refractivity contribution in [2.45, 2.75) is 26.2 Å². The van der Waals surface area contributed by atoms with Gasteiger partial charge in [-0.1, -0.05) is 25.5 Å². The van der Waals surface area contributed by atoms with Crippen LogP contribution in [-0.4, -0.2) is 27.1 Å². The average Bonchev–Trinajstić information content (AvgIpc) is 2.52. The Morgan fingerprint density at radius 3 is 2.44 bits per heavy atom. The average molecular weight is 344 g/mol. The molecule has 0 spiro atoms. The molecule has 2 rings (SSSR count). The molecule has 7 heteroatoms. The van der Waals surface area contributed by atoms with E-state index in [1.807, 2.05) is 6.92 Å². The first-order chi connectivity index (χ1) is 11.9. The molecule has 132 valence electrons. The maximum atomic E-state index is 12.3. The number of phenols is 3. The lowest BCUT2D eigenvalue weighted by molar-refractivity contribution is -0.121. The molecule has 0 aliphatic carbocycles. The quantitative estimate of drug-likeness (QED) is 0.530. The summed E-state index contributed by atoms with van der Waals surface area (Å²) in [4.78, 5) is 24.2. The number of hydrogen-bond donors (Lipinski definition) is 5. The van der Waals surface area contributed by atoms with E-state index >= 15 is 0 Å². The van der Waals surface area contributed by atoms with E-state index in [9.17, 15) is 24.9 Å². The molecular weight excluding hydrogens is 324 g/mol. The molecule has 0 fully saturated rings. The molecule has 0 unspecified atom stereocenters. The van der Waals surface area contributed by atoms with Crippen LogP contribution in [0, 0.1) is 0 Å². The van der Waals surface area contributed by atoms with Crippen LogP contribution in [-0.2, 0) is 17.6 Å². The summed E-state index contributed by atoms with van der Waals surface area (Å²) in [6.45, 7) is 1.90. The number of phenolic OH excluding ortho intramolecular Hbond substituents is 3. The second kappa shape index (κ2) is 8.05. The number of carbonyl (C=O) groups is 2. The lowest BCUT2D eigenvalue weighted by atomic mass is 10.0. The van der Waals surface area contributed by atoms with Gasteiger partial charge < -0.3 is 15.3 Å². The molecule has 0 saturated heterocycles. The molecule has 0 saturated carbocycles. The fourth-order valence-electron chi connectivity index (χ4n) is 2.48. The van der Waals surface area contributed by atoms with Gasteiger partial charge in [-0.2, -0.15) is 0 Å². The summed E-state index contributed by atoms with van der Waals surface area (Å²) in [5, 5.41) is 28.9. The van der Waals surface area contributed by atoms with Crippen molar-refractivity contribution in [3.8, 4) is 17.2 Å². The standard InChI is InChI=1S/C18H20N2O5/c1-2-4-12-9-14(22)10-15(23)17(12)18(25)20-19-16(24)8-11-5-3-6-13(21)7-11/h3,5-7,9-10,21-23H,2,4,8H2,1H3,(H,19,24)(H,20,25). The minimum Gasteiger partial charge on any atom is -0.508 e. The predicted octanol–water partition coefficient (Wildman–Crippen LogP) is 1.76. The zero-order chi connectivity index (χ0) is 18.4. The molecule has 25 heavy (non-hydrogen) atoms. The van der Waals surface area contributed by atoms with Gasteiger partial charge in [0.15, 0.2) is 0 Å². The van der Waals surface area contributed by atoms with Crippen LogP contribution in [0.2, 0.25) is 0 Å². The Bertz CT molecular complexity index is 789. The number of hydrazine groups is 1. The first-order valence-electron chi connectivity index (χ1n) is 7.82. The lowest BCUT2D eigenvalue weighted by Gasteiger charge is -2.13. The van der Waals surface area contributed by atoms with E-state index < -0.39 is 11.8 Å². The van der Waals surface area contributed by atoms with Gasteiger partial charge >= 0.3 is 0 Å². The van der Waals surface area contributed by atoms with Crippen molar-refractivity contribution in [3.05, 3.63) is 53.1 Å². The minimum atomic E-state index is -0.676. The van der Waals surface area contributed by atoms with Crippen molar-refractivity contribution in [1.82, 2.24) is 10.9 Å². The molecule has 0 bridgehead atoms. The van der Waals surface area contributed by atoms with Gasteiger partial charge in [0.05, 0.1) is 12.0 Å². The van der Waals surface area contributed by atoms with Gasteiger partial charge in [-0.3, -0.25) is 20.4 Å². The van der Waals surface area contributed by atoms with Crippen LogP contribution in [0.1, 0.15) is 34.8 Å². The van der Waals surface area contributed by atoms with Crippen LogP contribution in [0.4, 0.5) is 0 Å². The Hall–Kier alpha value is -3.22. The van der Waals surface area contributed by atoms with Crippen LogP contribution in [0.5, 0.6) is 17.2 Å². The highest BCUT2D eigenvalue weighted by molar-refractivity contribution is 5.99. The maximum Gasteiger partial charge on any atom is 0.273 e. The molecule has 0 atom stereocenters. The number of rotatable bonds is 5. The maximum absolute atomic E-state index is 12.3. The van der Waals surface area contributed by atoms with Crippen LogP contribution in [0.15, 0.2) is 36.4 Å². The highest BCUT2D eigenvalue weighted by Gasteiger charge is 2.18. The molecule has 0 aromatic heterocycles. The summed E-state index contributed by atoms with van der Waals surface area (Å²) < 4.78 is 0. The Labute approximate surface area is 144 Å². The van der Waals surface area contributed by atoms with Gasteiger partial charge in [-0.15, -0.1) is 0 Å². The van der Waals surface area contributed by atoms with Gasteiger partial charge in [0.2, 0.25) is 5.91 Å². The van der Waals surface area contributed by atoms with Crippen LogP contribution in [0.3, 0.4) is 0 Å². The second-order valence-electron chi connectivity index (χ2n) is 5.60. The normalized spacial score (nSPS) is 10.3. The van der Waals surface area contributed by atoms with Crippen molar-refractivity contribution in [2.24, 2.45) is 0 Å². The molecule has 7 nitrogen and oxygen atoms in total. The summed E-state index contributed by atoms with van der Waals surface area (Å²) in [6.07, 6.45) is 1.17. The van der Waals surface area contributed by atoms with E-state index in [1.54, 1.807) is 12.1 Å². The lowest BCUT2D eigenvalue weighted by Crippen LogP contribution is -2.42. The molecule has 5 N–H and O–H groups in total. The highest BCUT2D eigenvalue weighted by atomic mass is 16.3. The van der Waals surface area contributed by atoms with Crippen LogP contribution in [0.25, 0.3) is 0 Å². The first-order valence-corrected chi connectivity index (χ1v) is 7.82. The highest BCUT2D eigenvalue weighted by Crippen LogP contribution is 2.28. The third-order valence-electron chi connectivity index (χ3n) is 3.52. The van der Waals surface area contributed by atoms with Gasteiger partial charge in [0.1, 0.15) is 17.2 Å². The fourth-order valence-corrected chi connectivity index (χ4v) is 2.48. The number of hydrogen-bond acceptors (Lipinski definition) is 5. The number of aromatic hydroxyl groups is 3. The van der Waals surface area contributed by atoms with Crippen molar-refractivity contribution in [2.75, 3.05) is 0 Å². The summed E-state index contributed by atoms with van der Waals surface area (Å²) in [5.74, 6) is -1.60. The van der Waals surface area contributed by atoms with Crippen LogP contribution >= 0.6 is 0 Å². The molecule has 2 aromatic rings. The van der Waals surface area contributed by atoms with Gasteiger partial charge in [0.25, 0.3) is 5.91 Å². The monoisotopic (exact) mass is 344 g/mol. The van der Waals surface area contributed by atoms with E-state index in [1.165, 1.54) is 18.2 Å². The molecular formula is C18H20N2O5. The van der Waals surface area contributed by atoms with Crippen molar-refractivity contribution in [1.29, 1.82) is 0 Å². The third kappa shape index (κ3) is 4.87. The molecule has 0 aliphatic heterocycles. The number of aryl methyl sites for hydroxylation is 1. The Morgan fingerprint density at radius 2 is 1.76 bits per heavy atom. The predicted molar refractivity (Wildman–Crippen MR) is 91.2 cm³/mol. The third-order valence-corrected chi connectivity index (χ3v) is 3.52. The van der Waals surface area contributed by atoms with E-state index in [2.05, 4.69) is 10.9 Å². The largest absolute Gasteiger partial charge is 0.508 e. The Balaban J connectivity index is 2.04. The minimum absolute atomic E-state index is 0.0114. The molecule has 2 aromatic carbocycles. The van der Waals surface area contributed by atoms with E-state index in [4.69, 9.17) is 0 Å². The second-order valence-corrected chi connectivity index (χ2v) is 5.60. The van der Waals surface area contributed by atoms with E-state index in [0.717, 1.165) is 6.07 Å². The van der Waals surface area contributed by atoms with Crippen molar-refractivity contribution >= 4 is 11.8 Å². The van der Waals surface area contributed by atoms with E-state index in [-0.39, 0.29) is 29.2 Å². The van der Waals surface area contributed by atoms with E-state index in [0.29, 0.717) is 24.0 Å². The Morgan fingerprint density at radius 1 is 1.00 bits per heavy atom. The fraction of sp³-hybridized carbons (Fsp3) is 0.222. The zero-order valence-electron chi connectivity index (χ0n) is 13.7. The van der Waals surface area contributed by atoms with Gasteiger partial charge in [-0.05, 0) is 35.7 Å². The molecule has 0 heterocycles. The summed E-state index contributed by atoms with van der Waals surface area (Å²) in [5.41, 5.74) is 5.60. The Kier molecular flexibility index (Phi) is 5.84. The number of carbonyl (C=O) groups excluding carboxylic acids is 2. The number of nitrogens with one attached hydrogen (secondary N) is 2. The van der Waals surface area contributed by atoms with Crippen LogP contribution < -0.4 is 10.9 Å². The molecule has 0 aliphatic rings. The van der Waals surface area contributed by atoms with Crippen molar-refractivity contribution in [3.63, 3.8) is 0 Å². The first kappa shape index (κ1) is 18.1. The SMILES string of the molecule is CCCc1cc(O)cc(O)c1C(=O)NNC(=O)Cc1cccc(O)c1. The molecule has 2 amide bonds. The summed E-state index contributed by atoms with van der Waals surface area (Å²) >= 11 is 0. The van der Waals surface area contributed by atoms with Gasteiger partial charge in [0, 0.05) is 6.07 Å². The van der Waals surface area contributed by atoms with Gasteiger partial charge in [-0.25, -0.2) is 0 Å². The molecule has 0 radical (unpaired) electrons. The smallest absolute Gasteiger partial charge is 0.273 e. The van der Waals surface area contributed by atoms with Crippen molar-refractivity contribution < 1.29 is 24.9 Å². The summed E-state index contributed by atoms with van der Waals surface area (Å²) in [6, 6.07) is 8.71. The topological polar surface area (TPSA) is 119 Å². The number of amides is 2. The summed E-state index contributed by atoms with van der Waals surface area (Å²) in [7, 11) is 0.